The first kappa shape index (κ1) is 13.4. The minimum Gasteiger partial charge on any atom is -0.497 e. The maximum Gasteiger partial charge on any atom is 0.272 e. The summed E-state index contributed by atoms with van der Waals surface area (Å²) in [6.45, 7) is 0.911. The van der Waals surface area contributed by atoms with Gasteiger partial charge < -0.3 is 9.64 Å². The lowest BCUT2D eigenvalue weighted by Gasteiger charge is -2.09. The Morgan fingerprint density at radius 1 is 1.41 bits per heavy atom. The largest absolute Gasteiger partial charge is 0.497 e. The van der Waals surface area contributed by atoms with Gasteiger partial charge in [0.15, 0.2) is 0 Å². The summed E-state index contributed by atoms with van der Waals surface area (Å²) in [4.78, 5) is 12.6. The average molecular weight is 238 g/mol. The molecule has 0 aliphatic heterocycles. The molecule has 0 saturated heterocycles. The van der Waals surface area contributed by atoms with E-state index in [0.29, 0.717) is 12.2 Å². The third-order valence-electron chi connectivity index (χ3n) is 2.53. The Kier molecular flexibility index (Phi) is 4.90. The minimum atomic E-state index is -0.343. The minimum absolute atomic E-state index is 0.171. The number of rotatable bonds is 6. The second-order valence-electron chi connectivity index (χ2n) is 4.16. The summed E-state index contributed by atoms with van der Waals surface area (Å²) in [5, 5.41) is 10.9. The van der Waals surface area contributed by atoms with E-state index >= 15 is 0 Å². The zero-order valence-corrected chi connectivity index (χ0v) is 10.5. The van der Waals surface area contributed by atoms with Gasteiger partial charge in [-0.1, -0.05) is 0 Å². The van der Waals surface area contributed by atoms with Crippen LogP contribution in [-0.2, 0) is 6.42 Å². The Labute approximate surface area is 101 Å². The third-order valence-corrected chi connectivity index (χ3v) is 2.53. The highest BCUT2D eigenvalue weighted by Gasteiger charge is 2.14. The summed E-state index contributed by atoms with van der Waals surface area (Å²) < 4.78 is 5.08. The highest BCUT2D eigenvalue weighted by molar-refractivity contribution is 5.45. The Balaban J connectivity index is 2.82. The zero-order chi connectivity index (χ0) is 12.8. The molecule has 0 spiro atoms. The van der Waals surface area contributed by atoms with Crippen molar-refractivity contribution < 1.29 is 9.66 Å². The highest BCUT2D eigenvalue weighted by atomic mass is 16.6. The van der Waals surface area contributed by atoms with Gasteiger partial charge in [-0.25, -0.2) is 0 Å². The van der Waals surface area contributed by atoms with E-state index in [1.54, 1.807) is 19.2 Å². The van der Waals surface area contributed by atoms with Gasteiger partial charge in [0.1, 0.15) is 5.75 Å². The molecule has 17 heavy (non-hydrogen) atoms. The summed E-state index contributed by atoms with van der Waals surface area (Å²) >= 11 is 0. The Morgan fingerprint density at radius 3 is 2.65 bits per heavy atom. The van der Waals surface area contributed by atoms with E-state index in [4.69, 9.17) is 4.74 Å². The van der Waals surface area contributed by atoms with Crippen LogP contribution in [0.4, 0.5) is 5.69 Å². The topological polar surface area (TPSA) is 55.6 Å². The van der Waals surface area contributed by atoms with Crippen LogP contribution in [0.25, 0.3) is 0 Å². The number of hydrogen-bond donors (Lipinski definition) is 0. The number of nitrogens with zero attached hydrogens (tertiary/aromatic N) is 2. The first-order valence-electron chi connectivity index (χ1n) is 5.50. The number of hydrogen-bond acceptors (Lipinski definition) is 4. The quantitative estimate of drug-likeness (QED) is 0.562. The fraction of sp³-hybridized carbons (Fsp3) is 0.500. The molecular formula is C12H18N2O3. The van der Waals surface area contributed by atoms with E-state index in [0.717, 1.165) is 18.5 Å². The molecule has 0 bridgehead atoms. The predicted octanol–water partition coefficient (Wildman–Crippen LogP) is 2.10. The van der Waals surface area contributed by atoms with Crippen LogP contribution in [0.15, 0.2) is 18.2 Å². The van der Waals surface area contributed by atoms with Crippen molar-refractivity contribution in [3.63, 3.8) is 0 Å². The van der Waals surface area contributed by atoms with Crippen molar-refractivity contribution in [1.82, 2.24) is 4.90 Å². The second kappa shape index (κ2) is 6.20. The smallest absolute Gasteiger partial charge is 0.272 e. The molecule has 5 nitrogen and oxygen atoms in total. The van der Waals surface area contributed by atoms with Crippen LogP contribution >= 0.6 is 0 Å². The number of methoxy groups -OCH3 is 1. The standard InChI is InChI=1S/C12H18N2O3/c1-13(2)8-4-5-10-9-11(17-3)6-7-12(10)14(15)16/h6-7,9H,4-5,8H2,1-3H3. The molecule has 0 atom stereocenters. The van der Waals surface area contributed by atoms with Gasteiger partial charge in [0, 0.05) is 11.6 Å². The molecule has 1 rings (SSSR count). The molecule has 1 aromatic carbocycles. The Morgan fingerprint density at radius 2 is 2.12 bits per heavy atom. The van der Waals surface area contributed by atoms with Crippen LogP contribution in [-0.4, -0.2) is 37.6 Å². The lowest BCUT2D eigenvalue weighted by molar-refractivity contribution is -0.385. The molecule has 0 aliphatic carbocycles. The average Bonchev–Trinajstić information content (AvgIpc) is 2.28. The van der Waals surface area contributed by atoms with Gasteiger partial charge in [-0.05, 0) is 45.6 Å². The van der Waals surface area contributed by atoms with Crippen LogP contribution in [0, 0.1) is 10.1 Å². The van der Waals surface area contributed by atoms with Crippen LogP contribution in [0.5, 0.6) is 5.75 Å². The lowest BCUT2D eigenvalue weighted by atomic mass is 10.1. The normalized spacial score (nSPS) is 10.6. The van der Waals surface area contributed by atoms with Crippen molar-refractivity contribution in [3.05, 3.63) is 33.9 Å². The van der Waals surface area contributed by atoms with Crippen LogP contribution < -0.4 is 4.74 Å². The molecule has 0 unspecified atom stereocenters. The fourth-order valence-electron chi connectivity index (χ4n) is 1.65. The van der Waals surface area contributed by atoms with Crippen molar-refractivity contribution in [2.45, 2.75) is 12.8 Å². The van der Waals surface area contributed by atoms with Crippen molar-refractivity contribution in [1.29, 1.82) is 0 Å². The SMILES string of the molecule is COc1ccc([N+](=O)[O-])c(CCCN(C)C)c1. The maximum absolute atomic E-state index is 10.9. The van der Waals surface area contributed by atoms with Crippen molar-refractivity contribution in [2.24, 2.45) is 0 Å². The van der Waals surface area contributed by atoms with Gasteiger partial charge >= 0.3 is 0 Å². The number of benzene rings is 1. The molecule has 5 heteroatoms. The monoisotopic (exact) mass is 238 g/mol. The van der Waals surface area contributed by atoms with Crippen molar-refractivity contribution in [2.75, 3.05) is 27.7 Å². The van der Waals surface area contributed by atoms with Gasteiger partial charge in [-0.2, -0.15) is 0 Å². The number of ether oxygens (including phenoxy) is 1. The molecule has 0 aliphatic rings. The predicted molar refractivity (Wildman–Crippen MR) is 66.5 cm³/mol. The maximum atomic E-state index is 10.9. The van der Waals surface area contributed by atoms with E-state index in [2.05, 4.69) is 4.90 Å². The zero-order valence-electron chi connectivity index (χ0n) is 10.5. The van der Waals surface area contributed by atoms with E-state index in [-0.39, 0.29) is 10.6 Å². The summed E-state index contributed by atoms with van der Waals surface area (Å²) in [6.07, 6.45) is 1.58. The van der Waals surface area contributed by atoms with Crippen LogP contribution in [0.1, 0.15) is 12.0 Å². The molecule has 0 saturated carbocycles. The van der Waals surface area contributed by atoms with E-state index < -0.39 is 0 Å². The van der Waals surface area contributed by atoms with Gasteiger partial charge in [0.25, 0.3) is 5.69 Å². The number of nitro groups is 1. The van der Waals surface area contributed by atoms with E-state index in [1.165, 1.54) is 6.07 Å². The van der Waals surface area contributed by atoms with Gasteiger partial charge in [0.2, 0.25) is 0 Å². The Hall–Kier alpha value is -1.62. The van der Waals surface area contributed by atoms with Crippen LogP contribution in [0.2, 0.25) is 0 Å². The number of aryl methyl sites for hydroxylation is 1. The van der Waals surface area contributed by atoms with Gasteiger partial charge in [0.05, 0.1) is 12.0 Å². The lowest BCUT2D eigenvalue weighted by Crippen LogP contribution is -2.13. The van der Waals surface area contributed by atoms with Gasteiger partial charge in [-0.3, -0.25) is 10.1 Å². The summed E-state index contributed by atoms with van der Waals surface area (Å²) in [6, 6.07) is 4.87. The first-order valence-corrected chi connectivity index (χ1v) is 5.50. The molecule has 0 fully saturated rings. The molecule has 0 N–H and O–H groups in total. The molecule has 0 amide bonds. The van der Waals surface area contributed by atoms with Crippen molar-refractivity contribution >= 4 is 5.69 Å². The van der Waals surface area contributed by atoms with E-state index in [9.17, 15) is 10.1 Å². The fourth-order valence-corrected chi connectivity index (χ4v) is 1.65. The van der Waals surface area contributed by atoms with Crippen LogP contribution in [0.3, 0.4) is 0 Å². The molecule has 0 heterocycles. The molecule has 94 valence electrons. The molecule has 0 aromatic heterocycles. The molecule has 0 radical (unpaired) electrons. The number of nitro benzene ring substituents is 1. The third kappa shape index (κ3) is 4.03. The van der Waals surface area contributed by atoms with E-state index in [1.807, 2.05) is 14.1 Å². The Bertz CT molecular complexity index is 391. The van der Waals surface area contributed by atoms with Crippen molar-refractivity contribution in [3.8, 4) is 5.75 Å². The molecule has 1 aromatic rings. The van der Waals surface area contributed by atoms with Gasteiger partial charge in [-0.15, -0.1) is 0 Å². The summed E-state index contributed by atoms with van der Waals surface area (Å²) in [5.41, 5.74) is 0.903. The first-order chi connectivity index (χ1) is 8.04. The molecular weight excluding hydrogens is 220 g/mol. The second-order valence-corrected chi connectivity index (χ2v) is 4.16. The summed E-state index contributed by atoms with van der Waals surface area (Å²) in [5.74, 6) is 0.662. The highest BCUT2D eigenvalue weighted by Crippen LogP contribution is 2.25. The summed E-state index contributed by atoms with van der Waals surface area (Å²) in [7, 11) is 5.53.